The van der Waals surface area contributed by atoms with Crippen molar-refractivity contribution in [2.24, 2.45) is 5.92 Å². The molecule has 0 amide bonds. The quantitative estimate of drug-likeness (QED) is 0.712. The summed E-state index contributed by atoms with van der Waals surface area (Å²) in [7, 11) is 1.81. The molecule has 0 aromatic rings. The highest BCUT2D eigenvalue weighted by atomic mass is 16.5. The highest BCUT2D eigenvalue weighted by Crippen LogP contribution is 2.32. The van der Waals surface area contributed by atoms with E-state index in [-0.39, 0.29) is 0 Å². The van der Waals surface area contributed by atoms with Gasteiger partial charge in [0, 0.05) is 32.3 Å². The minimum atomic E-state index is 0.600. The minimum absolute atomic E-state index is 0.600. The largest absolute Gasteiger partial charge is 0.383 e. The van der Waals surface area contributed by atoms with Crippen molar-refractivity contribution < 1.29 is 4.74 Å². The van der Waals surface area contributed by atoms with Gasteiger partial charge in [0.15, 0.2) is 0 Å². The van der Waals surface area contributed by atoms with E-state index >= 15 is 0 Å². The van der Waals surface area contributed by atoms with Crippen molar-refractivity contribution in [1.29, 1.82) is 0 Å². The molecule has 2 atom stereocenters. The molecule has 3 heteroatoms. The molecule has 1 heterocycles. The summed E-state index contributed by atoms with van der Waals surface area (Å²) in [6, 6.07) is 1.39. The lowest BCUT2D eigenvalue weighted by molar-refractivity contribution is 0.154. The van der Waals surface area contributed by atoms with Gasteiger partial charge in [0.05, 0.1) is 6.61 Å². The van der Waals surface area contributed by atoms with E-state index in [0.717, 1.165) is 25.1 Å². The lowest BCUT2D eigenvalue weighted by atomic mass is 10.2. The molecule has 2 aliphatic rings. The summed E-state index contributed by atoms with van der Waals surface area (Å²) in [4.78, 5) is 2.60. The highest BCUT2D eigenvalue weighted by Gasteiger charge is 2.30. The van der Waals surface area contributed by atoms with Crippen LogP contribution in [0.2, 0.25) is 0 Å². The van der Waals surface area contributed by atoms with Crippen molar-refractivity contribution in [2.45, 2.75) is 44.7 Å². The van der Waals surface area contributed by atoms with Crippen LogP contribution in [0.15, 0.2) is 0 Å². The average molecular weight is 226 g/mol. The van der Waals surface area contributed by atoms with E-state index in [9.17, 15) is 0 Å². The predicted octanol–water partition coefficient (Wildman–Crippen LogP) is 1.49. The van der Waals surface area contributed by atoms with Crippen LogP contribution in [0.25, 0.3) is 0 Å². The van der Waals surface area contributed by atoms with E-state index in [1.165, 1.54) is 38.8 Å². The van der Waals surface area contributed by atoms with Gasteiger partial charge in [-0.1, -0.05) is 0 Å². The smallest absolute Gasteiger partial charge is 0.0618 e. The Morgan fingerprint density at radius 2 is 2.19 bits per heavy atom. The maximum Gasteiger partial charge on any atom is 0.0618 e. The van der Waals surface area contributed by atoms with Crippen molar-refractivity contribution in [3.63, 3.8) is 0 Å². The molecule has 2 fully saturated rings. The fourth-order valence-corrected chi connectivity index (χ4v) is 2.76. The molecule has 2 unspecified atom stereocenters. The maximum atomic E-state index is 5.27. The Bertz CT molecular complexity index is 206. The van der Waals surface area contributed by atoms with Gasteiger partial charge < -0.3 is 10.1 Å². The number of rotatable bonds is 7. The summed E-state index contributed by atoms with van der Waals surface area (Å²) in [5, 5.41) is 3.66. The van der Waals surface area contributed by atoms with Gasteiger partial charge in [-0.25, -0.2) is 0 Å². The van der Waals surface area contributed by atoms with Crippen molar-refractivity contribution >= 4 is 0 Å². The molecule has 1 N–H and O–H groups in total. The molecule has 16 heavy (non-hydrogen) atoms. The van der Waals surface area contributed by atoms with Crippen LogP contribution in [0.5, 0.6) is 0 Å². The van der Waals surface area contributed by atoms with Crippen LogP contribution >= 0.6 is 0 Å². The van der Waals surface area contributed by atoms with E-state index in [1.54, 1.807) is 7.11 Å². The topological polar surface area (TPSA) is 24.5 Å². The van der Waals surface area contributed by atoms with Crippen LogP contribution in [-0.4, -0.2) is 50.3 Å². The zero-order valence-electron chi connectivity index (χ0n) is 10.7. The number of nitrogens with zero attached hydrogens (tertiary/aromatic N) is 1. The lowest BCUT2D eigenvalue weighted by Gasteiger charge is -2.23. The van der Waals surface area contributed by atoms with Gasteiger partial charge in [0.1, 0.15) is 0 Å². The third kappa shape index (κ3) is 3.44. The SMILES string of the molecule is COCC(NCCN1CCCC1C)C1CC1. The third-order valence-electron chi connectivity index (χ3n) is 4.03. The van der Waals surface area contributed by atoms with Crippen molar-refractivity contribution in [3.05, 3.63) is 0 Å². The van der Waals surface area contributed by atoms with Crippen molar-refractivity contribution in [2.75, 3.05) is 33.4 Å². The molecule has 1 aliphatic carbocycles. The Morgan fingerprint density at radius 3 is 2.75 bits per heavy atom. The van der Waals surface area contributed by atoms with Gasteiger partial charge >= 0.3 is 0 Å². The molecule has 0 spiro atoms. The van der Waals surface area contributed by atoms with Crippen molar-refractivity contribution in [3.8, 4) is 0 Å². The molecular weight excluding hydrogens is 200 g/mol. The molecular formula is C13H26N2O. The summed E-state index contributed by atoms with van der Waals surface area (Å²) in [6.45, 7) is 6.84. The van der Waals surface area contributed by atoms with Gasteiger partial charge in [0.25, 0.3) is 0 Å². The van der Waals surface area contributed by atoms with E-state index in [2.05, 4.69) is 17.1 Å². The molecule has 2 rings (SSSR count). The van der Waals surface area contributed by atoms with Crippen LogP contribution in [0.1, 0.15) is 32.6 Å². The normalized spacial score (nSPS) is 28.5. The molecule has 1 saturated carbocycles. The standard InChI is InChI=1S/C13H26N2O/c1-11-4-3-8-15(11)9-7-14-13(10-16-2)12-5-6-12/h11-14H,3-10H2,1-2H3. The monoisotopic (exact) mass is 226 g/mol. The molecule has 0 radical (unpaired) electrons. The van der Waals surface area contributed by atoms with Crippen LogP contribution in [0.3, 0.4) is 0 Å². The Hall–Kier alpha value is -0.120. The summed E-state index contributed by atoms with van der Waals surface area (Å²) in [5.74, 6) is 0.885. The second-order valence-electron chi connectivity index (χ2n) is 5.38. The van der Waals surface area contributed by atoms with E-state index < -0.39 is 0 Å². The van der Waals surface area contributed by atoms with Gasteiger partial charge in [-0.2, -0.15) is 0 Å². The number of methoxy groups -OCH3 is 1. The molecule has 1 saturated heterocycles. The second kappa shape index (κ2) is 5.99. The number of hydrogen-bond acceptors (Lipinski definition) is 3. The summed E-state index contributed by atoms with van der Waals surface area (Å²) in [5.41, 5.74) is 0. The third-order valence-corrected chi connectivity index (χ3v) is 4.03. The molecule has 0 aromatic carbocycles. The first kappa shape index (κ1) is 12.3. The predicted molar refractivity (Wildman–Crippen MR) is 66.7 cm³/mol. The first-order valence-electron chi connectivity index (χ1n) is 6.77. The first-order chi connectivity index (χ1) is 7.81. The van der Waals surface area contributed by atoms with Gasteiger partial charge in [-0.15, -0.1) is 0 Å². The molecule has 1 aliphatic heterocycles. The van der Waals surface area contributed by atoms with Crippen LogP contribution in [-0.2, 0) is 4.74 Å². The Balaban J connectivity index is 1.61. The number of nitrogens with one attached hydrogen (secondary N) is 1. The second-order valence-corrected chi connectivity index (χ2v) is 5.38. The highest BCUT2D eigenvalue weighted by molar-refractivity contribution is 4.86. The number of ether oxygens (including phenoxy) is 1. The fraction of sp³-hybridized carbons (Fsp3) is 1.00. The zero-order valence-corrected chi connectivity index (χ0v) is 10.7. The number of hydrogen-bond donors (Lipinski definition) is 1. The van der Waals surface area contributed by atoms with E-state index in [0.29, 0.717) is 6.04 Å². The van der Waals surface area contributed by atoms with E-state index in [4.69, 9.17) is 4.74 Å². The van der Waals surface area contributed by atoms with Crippen LogP contribution in [0.4, 0.5) is 0 Å². The molecule has 0 aromatic heterocycles. The summed E-state index contributed by atoms with van der Waals surface area (Å²) >= 11 is 0. The molecule has 3 nitrogen and oxygen atoms in total. The van der Waals surface area contributed by atoms with Gasteiger partial charge in [0.2, 0.25) is 0 Å². The van der Waals surface area contributed by atoms with Gasteiger partial charge in [-0.3, -0.25) is 4.90 Å². The fourth-order valence-electron chi connectivity index (χ4n) is 2.76. The molecule has 94 valence electrons. The Kier molecular flexibility index (Phi) is 4.62. The first-order valence-corrected chi connectivity index (χ1v) is 6.77. The number of likely N-dealkylation sites (tertiary alicyclic amines) is 1. The summed E-state index contributed by atoms with van der Waals surface area (Å²) < 4.78 is 5.27. The molecule has 0 bridgehead atoms. The van der Waals surface area contributed by atoms with Gasteiger partial charge in [-0.05, 0) is 45.1 Å². The maximum absolute atomic E-state index is 5.27. The average Bonchev–Trinajstić information content (AvgIpc) is 3.03. The van der Waals surface area contributed by atoms with E-state index in [1.807, 2.05) is 0 Å². The Labute approximate surface area is 99.5 Å². The summed E-state index contributed by atoms with van der Waals surface area (Å²) in [6.07, 6.45) is 5.54. The van der Waals surface area contributed by atoms with Crippen molar-refractivity contribution in [1.82, 2.24) is 10.2 Å². The zero-order chi connectivity index (χ0) is 11.4. The lowest BCUT2D eigenvalue weighted by Crippen LogP contribution is -2.41. The van der Waals surface area contributed by atoms with Crippen LogP contribution < -0.4 is 5.32 Å². The minimum Gasteiger partial charge on any atom is -0.383 e. The van der Waals surface area contributed by atoms with Crippen LogP contribution in [0, 0.1) is 5.92 Å². The Morgan fingerprint density at radius 1 is 1.38 bits per heavy atom.